The summed E-state index contributed by atoms with van der Waals surface area (Å²) in [6.45, 7) is 1.11. The number of hydrogen-bond acceptors (Lipinski definition) is 4. The first-order chi connectivity index (χ1) is 7.34. The largest absolute Gasteiger partial charge is 0.477 e. The zero-order valence-electron chi connectivity index (χ0n) is 7.98. The molecule has 86 valence electrons. The molecule has 0 amide bonds. The third-order valence-corrected chi connectivity index (χ3v) is 1.82. The molecular formula is C8H6F2N2O4. The molecule has 0 aliphatic carbocycles. The molecule has 1 heterocycles. The van der Waals surface area contributed by atoms with E-state index in [1.54, 1.807) is 0 Å². The molecule has 0 atom stereocenters. The maximum absolute atomic E-state index is 12.3. The van der Waals surface area contributed by atoms with Crippen LogP contribution in [-0.2, 0) is 0 Å². The SMILES string of the molecule is Cc1nc(C(F)F)cc(C(=O)O)c1[N+](=O)[O-]. The van der Waals surface area contributed by atoms with E-state index < -0.39 is 34.3 Å². The number of pyridine rings is 1. The molecule has 1 rings (SSSR count). The normalized spacial score (nSPS) is 10.5. The summed E-state index contributed by atoms with van der Waals surface area (Å²) in [5.41, 5.74) is -2.69. The first kappa shape index (κ1) is 12.0. The highest BCUT2D eigenvalue weighted by atomic mass is 19.3. The third kappa shape index (κ3) is 2.10. The maximum Gasteiger partial charge on any atom is 0.342 e. The lowest BCUT2D eigenvalue weighted by atomic mass is 10.1. The van der Waals surface area contributed by atoms with E-state index in [-0.39, 0.29) is 5.69 Å². The summed E-state index contributed by atoms with van der Waals surface area (Å²) < 4.78 is 24.6. The van der Waals surface area contributed by atoms with Crippen LogP contribution in [0.2, 0.25) is 0 Å². The minimum absolute atomic E-state index is 0.347. The van der Waals surface area contributed by atoms with Gasteiger partial charge in [-0.3, -0.25) is 10.1 Å². The molecule has 0 aromatic carbocycles. The van der Waals surface area contributed by atoms with Gasteiger partial charge in [0.25, 0.3) is 6.43 Å². The molecule has 0 fully saturated rings. The average Bonchev–Trinajstić information content (AvgIpc) is 2.15. The molecule has 1 aromatic rings. The van der Waals surface area contributed by atoms with Crippen LogP contribution in [0.4, 0.5) is 14.5 Å². The summed E-state index contributed by atoms with van der Waals surface area (Å²) in [4.78, 5) is 23.5. The minimum Gasteiger partial charge on any atom is -0.477 e. The monoisotopic (exact) mass is 232 g/mol. The van der Waals surface area contributed by atoms with E-state index in [0.29, 0.717) is 6.07 Å². The summed E-state index contributed by atoms with van der Waals surface area (Å²) >= 11 is 0. The summed E-state index contributed by atoms with van der Waals surface area (Å²) in [6, 6.07) is 0.512. The molecule has 0 aliphatic heterocycles. The van der Waals surface area contributed by atoms with Gasteiger partial charge >= 0.3 is 11.7 Å². The Balaban J connectivity index is 3.52. The number of rotatable bonds is 3. The van der Waals surface area contributed by atoms with Gasteiger partial charge in [0.1, 0.15) is 17.0 Å². The second-order valence-corrected chi connectivity index (χ2v) is 2.89. The zero-order valence-corrected chi connectivity index (χ0v) is 7.98. The van der Waals surface area contributed by atoms with E-state index in [4.69, 9.17) is 5.11 Å². The van der Waals surface area contributed by atoms with Crippen molar-refractivity contribution in [2.75, 3.05) is 0 Å². The van der Waals surface area contributed by atoms with Gasteiger partial charge in [0.2, 0.25) is 0 Å². The second-order valence-electron chi connectivity index (χ2n) is 2.89. The van der Waals surface area contributed by atoms with Crippen LogP contribution in [0.25, 0.3) is 0 Å². The van der Waals surface area contributed by atoms with Gasteiger partial charge < -0.3 is 5.11 Å². The van der Waals surface area contributed by atoms with Gasteiger partial charge in [0.05, 0.1) is 4.92 Å². The van der Waals surface area contributed by atoms with Crippen LogP contribution in [0.5, 0.6) is 0 Å². The molecule has 0 unspecified atom stereocenters. The number of nitro groups is 1. The van der Waals surface area contributed by atoms with Gasteiger partial charge in [0.15, 0.2) is 0 Å². The van der Waals surface area contributed by atoms with Crippen molar-refractivity contribution in [1.82, 2.24) is 4.98 Å². The maximum atomic E-state index is 12.3. The standard InChI is InChI=1S/C8H6F2N2O4/c1-3-6(12(15)16)4(8(13)14)2-5(11-3)7(9)10/h2,7H,1H3,(H,13,14). The van der Waals surface area contributed by atoms with E-state index in [1.165, 1.54) is 0 Å². The molecule has 1 N–H and O–H groups in total. The van der Waals surface area contributed by atoms with E-state index in [0.717, 1.165) is 6.92 Å². The fourth-order valence-corrected chi connectivity index (χ4v) is 1.20. The molecule has 16 heavy (non-hydrogen) atoms. The van der Waals surface area contributed by atoms with Crippen LogP contribution >= 0.6 is 0 Å². The van der Waals surface area contributed by atoms with Crippen LogP contribution in [0.3, 0.4) is 0 Å². The Bertz CT molecular complexity index is 462. The Labute approximate surface area is 87.7 Å². The number of aromatic carboxylic acids is 1. The molecule has 1 aromatic heterocycles. The van der Waals surface area contributed by atoms with Crippen molar-refractivity contribution >= 4 is 11.7 Å². The molecule has 8 heteroatoms. The van der Waals surface area contributed by atoms with Gasteiger partial charge in [-0.05, 0) is 13.0 Å². The van der Waals surface area contributed by atoms with E-state index >= 15 is 0 Å². The number of halogens is 2. The van der Waals surface area contributed by atoms with E-state index in [9.17, 15) is 23.7 Å². The lowest BCUT2D eigenvalue weighted by molar-refractivity contribution is -0.386. The molecule has 0 saturated heterocycles. The van der Waals surface area contributed by atoms with E-state index in [1.807, 2.05) is 0 Å². The quantitative estimate of drug-likeness (QED) is 0.634. The fraction of sp³-hybridized carbons (Fsp3) is 0.250. The topological polar surface area (TPSA) is 93.3 Å². The highest BCUT2D eigenvalue weighted by Crippen LogP contribution is 2.26. The number of carbonyl (C=O) groups is 1. The van der Waals surface area contributed by atoms with Crippen LogP contribution in [0.15, 0.2) is 6.07 Å². The molecule has 0 saturated carbocycles. The van der Waals surface area contributed by atoms with Crippen LogP contribution in [0, 0.1) is 17.0 Å². The number of aryl methyl sites for hydroxylation is 1. The van der Waals surface area contributed by atoms with Gasteiger partial charge in [-0.15, -0.1) is 0 Å². The van der Waals surface area contributed by atoms with Crippen LogP contribution in [0.1, 0.15) is 28.2 Å². The summed E-state index contributed by atoms with van der Waals surface area (Å²) in [5.74, 6) is -1.64. The van der Waals surface area contributed by atoms with E-state index in [2.05, 4.69) is 4.98 Å². The van der Waals surface area contributed by atoms with Gasteiger partial charge in [0, 0.05) is 0 Å². The number of hydrogen-bond donors (Lipinski definition) is 1. The molecule has 0 radical (unpaired) electrons. The van der Waals surface area contributed by atoms with Gasteiger partial charge in [-0.25, -0.2) is 18.6 Å². The molecule has 0 bridgehead atoms. The minimum atomic E-state index is -2.97. The third-order valence-electron chi connectivity index (χ3n) is 1.82. The van der Waals surface area contributed by atoms with Crippen LogP contribution in [-0.4, -0.2) is 21.0 Å². The van der Waals surface area contributed by atoms with Gasteiger partial charge in [-0.2, -0.15) is 0 Å². The Morgan fingerprint density at radius 1 is 1.62 bits per heavy atom. The molecule has 6 nitrogen and oxygen atoms in total. The molecule has 0 aliphatic rings. The first-order valence-corrected chi connectivity index (χ1v) is 4.02. The van der Waals surface area contributed by atoms with Crippen molar-refractivity contribution in [2.24, 2.45) is 0 Å². The van der Waals surface area contributed by atoms with Gasteiger partial charge in [-0.1, -0.05) is 0 Å². The smallest absolute Gasteiger partial charge is 0.342 e. The van der Waals surface area contributed by atoms with Crippen molar-refractivity contribution in [3.63, 3.8) is 0 Å². The highest BCUT2D eigenvalue weighted by molar-refractivity contribution is 5.92. The summed E-state index contributed by atoms with van der Waals surface area (Å²) in [7, 11) is 0. The van der Waals surface area contributed by atoms with Crippen molar-refractivity contribution in [1.29, 1.82) is 0 Å². The van der Waals surface area contributed by atoms with Crippen molar-refractivity contribution in [3.05, 3.63) is 33.1 Å². The number of nitrogens with zero attached hydrogens (tertiary/aromatic N) is 2. The van der Waals surface area contributed by atoms with Crippen molar-refractivity contribution in [3.8, 4) is 0 Å². The highest BCUT2D eigenvalue weighted by Gasteiger charge is 2.26. The average molecular weight is 232 g/mol. The van der Waals surface area contributed by atoms with Crippen LogP contribution < -0.4 is 0 Å². The lowest BCUT2D eigenvalue weighted by Crippen LogP contribution is -2.08. The molecular weight excluding hydrogens is 226 g/mol. The summed E-state index contributed by atoms with van der Waals surface area (Å²) in [6.07, 6.45) is -2.97. The first-order valence-electron chi connectivity index (χ1n) is 4.02. The predicted octanol–water partition coefficient (Wildman–Crippen LogP) is 1.93. The Hall–Kier alpha value is -2.12. The number of alkyl halides is 2. The fourth-order valence-electron chi connectivity index (χ4n) is 1.20. The predicted molar refractivity (Wildman–Crippen MR) is 47.5 cm³/mol. The number of aromatic nitrogens is 1. The zero-order chi connectivity index (χ0) is 12.5. The molecule has 0 spiro atoms. The van der Waals surface area contributed by atoms with Crippen molar-refractivity contribution in [2.45, 2.75) is 13.3 Å². The Morgan fingerprint density at radius 2 is 2.19 bits per heavy atom. The lowest BCUT2D eigenvalue weighted by Gasteiger charge is -2.04. The number of carboxylic acid groups (broad SMARTS) is 1. The Kier molecular flexibility index (Phi) is 3.11. The second kappa shape index (κ2) is 4.17. The Morgan fingerprint density at radius 3 is 2.56 bits per heavy atom. The number of carboxylic acids is 1. The van der Waals surface area contributed by atoms with Crippen molar-refractivity contribution < 1.29 is 23.6 Å². The summed E-state index contributed by atoms with van der Waals surface area (Å²) in [5, 5.41) is 19.2.